The number of likely N-dealkylation sites (N-methyl/N-ethyl adjacent to an activating group) is 1. The van der Waals surface area contributed by atoms with E-state index in [0.29, 0.717) is 10.9 Å². The number of Topliss-reactive ketones (excluding diaryl/α,β-unsaturated/α-hetero) is 1. The monoisotopic (exact) mass is 257 g/mol. The van der Waals surface area contributed by atoms with Gasteiger partial charge in [-0.3, -0.25) is 4.79 Å². The second kappa shape index (κ2) is 6.74. The van der Waals surface area contributed by atoms with E-state index in [4.69, 9.17) is 0 Å². The lowest BCUT2D eigenvalue weighted by Gasteiger charge is -2.15. The molecule has 0 rings (SSSR count). The Labute approximate surface area is 93.9 Å². The fourth-order valence-corrected chi connectivity index (χ4v) is 1.28. The van der Waals surface area contributed by atoms with Gasteiger partial charge in [-0.1, -0.05) is 41.2 Å². The number of hydrogen-bond acceptors (Lipinski definition) is 2. The number of alkyl halides is 1. The molecule has 2 nitrogen and oxygen atoms in total. The van der Waals surface area contributed by atoms with Gasteiger partial charge >= 0.3 is 0 Å². The highest BCUT2D eigenvalue weighted by Crippen LogP contribution is 2.14. The van der Waals surface area contributed by atoms with Crippen LogP contribution >= 0.6 is 15.9 Å². The van der Waals surface area contributed by atoms with Crippen LogP contribution in [0.4, 0.5) is 0 Å². The molecule has 1 unspecified atom stereocenters. The molecule has 0 spiro atoms. The quantitative estimate of drug-likeness (QED) is 0.449. The first-order chi connectivity index (χ1) is 6.58. The summed E-state index contributed by atoms with van der Waals surface area (Å²) in [6.07, 6.45) is 3.29. The van der Waals surface area contributed by atoms with Crippen LogP contribution in [0.3, 0.4) is 0 Å². The molecule has 1 atom stereocenters. The largest absolute Gasteiger partial charge is 0.313 e. The predicted octanol–water partition coefficient (Wildman–Crippen LogP) is 2.23. The lowest BCUT2D eigenvalue weighted by atomic mass is 9.98. The molecule has 0 aliphatic rings. The fourth-order valence-electron chi connectivity index (χ4n) is 0.976. The molecule has 0 aromatic carbocycles. The molecule has 1 N–H and O–H groups in total. The Morgan fingerprint density at radius 1 is 1.64 bits per heavy atom. The third-order valence-corrected chi connectivity index (χ3v) is 2.52. The van der Waals surface area contributed by atoms with Crippen molar-refractivity contribution in [2.24, 2.45) is 0 Å². The molecule has 0 saturated heterocycles. The van der Waals surface area contributed by atoms with Gasteiger partial charge in [-0.15, -0.1) is 0 Å². The van der Waals surface area contributed by atoms with Gasteiger partial charge in [-0.2, -0.15) is 0 Å². The van der Waals surface area contributed by atoms with Crippen LogP contribution in [0.1, 0.15) is 6.92 Å². The first-order valence-electron chi connectivity index (χ1n) is 4.36. The minimum Gasteiger partial charge on any atom is -0.313 e. The first kappa shape index (κ1) is 13.3. The smallest absolute Gasteiger partial charge is 0.173 e. The molecule has 78 valence electrons. The minimum atomic E-state index is 0.0250. The van der Waals surface area contributed by atoms with E-state index in [1.807, 2.05) is 14.0 Å². The molecule has 3 heteroatoms. The van der Waals surface area contributed by atoms with Gasteiger partial charge in [0.05, 0.1) is 5.33 Å². The molecule has 14 heavy (non-hydrogen) atoms. The van der Waals surface area contributed by atoms with Crippen molar-refractivity contribution in [3.63, 3.8) is 0 Å². The molecule has 0 aromatic heterocycles. The number of nitrogens with one attached hydrogen (secondary N) is 1. The van der Waals surface area contributed by atoms with E-state index in [1.165, 1.54) is 0 Å². The van der Waals surface area contributed by atoms with Crippen LogP contribution in [-0.2, 0) is 4.79 Å². The van der Waals surface area contributed by atoms with Gasteiger partial charge in [0.1, 0.15) is 0 Å². The Hall–Kier alpha value is -0.670. The van der Waals surface area contributed by atoms with E-state index in [1.54, 1.807) is 12.2 Å². The topological polar surface area (TPSA) is 29.1 Å². The number of rotatable bonds is 6. The lowest BCUT2D eigenvalue weighted by Crippen LogP contribution is -2.26. The van der Waals surface area contributed by atoms with Crippen molar-refractivity contribution in [1.29, 1.82) is 0 Å². The Morgan fingerprint density at radius 3 is 2.57 bits per heavy atom. The highest BCUT2D eigenvalue weighted by Gasteiger charge is 2.14. The van der Waals surface area contributed by atoms with Gasteiger partial charge in [-0.05, 0) is 19.5 Å². The molecule has 0 aliphatic carbocycles. The maximum absolute atomic E-state index is 11.5. The van der Waals surface area contributed by atoms with Crippen molar-refractivity contribution >= 4 is 21.7 Å². The van der Waals surface area contributed by atoms with Gasteiger partial charge in [0.25, 0.3) is 0 Å². The zero-order valence-electron chi connectivity index (χ0n) is 8.64. The second-order valence-corrected chi connectivity index (χ2v) is 3.47. The molecule has 0 amide bonds. The van der Waals surface area contributed by atoms with E-state index in [9.17, 15) is 4.79 Å². The maximum atomic E-state index is 11.5. The molecule has 0 aliphatic heterocycles. The zero-order chi connectivity index (χ0) is 11.1. The van der Waals surface area contributed by atoms with Crippen molar-refractivity contribution < 1.29 is 4.79 Å². The number of hydrogen-bond donors (Lipinski definition) is 1. The molecule has 0 aromatic rings. The van der Waals surface area contributed by atoms with Gasteiger partial charge < -0.3 is 5.32 Å². The summed E-state index contributed by atoms with van der Waals surface area (Å²) in [5.41, 5.74) is 1.41. The normalized spacial score (nSPS) is 13.5. The van der Waals surface area contributed by atoms with Crippen LogP contribution in [0.25, 0.3) is 0 Å². The SMILES string of the molecule is C=C/C=C(\C(=C)C(C)NC)C(=O)CBr. The van der Waals surface area contributed by atoms with E-state index < -0.39 is 0 Å². The van der Waals surface area contributed by atoms with E-state index in [0.717, 1.165) is 5.57 Å². The summed E-state index contributed by atoms with van der Waals surface area (Å²) in [7, 11) is 1.83. The highest BCUT2D eigenvalue weighted by molar-refractivity contribution is 9.09. The molecule has 0 saturated carbocycles. The van der Waals surface area contributed by atoms with Crippen molar-refractivity contribution in [2.45, 2.75) is 13.0 Å². The Bertz CT molecular complexity index is 268. The number of carbonyl (C=O) groups excluding carboxylic acids is 1. The van der Waals surface area contributed by atoms with E-state index in [2.05, 4.69) is 34.4 Å². The fraction of sp³-hybridized carbons (Fsp3) is 0.364. The van der Waals surface area contributed by atoms with Crippen LogP contribution in [0, 0.1) is 0 Å². The Kier molecular flexibility index (Phi) is 6.41. The van der Waals surface area contributed by atoms with Crippen molar-refractivity contribution in [2.75, 3.05) is 12.4 Å². The predicted molar refractivity (Wildman–Crippen MR) is 64.7 cm³/mol. The summed E-state index contributed by atoms with van der Waals surface area (Å²) in [5.74, 6) is 0.0250. The first-order valence-corrected chi connectivity index (χ1v) is 5.48. The van der Waals surface area contributed by atoms with Crippen LogP contribution in [0.5, 0.6) is 0 Å². The van der Waals surface area contributed by atoms with Crippen molar-refractivity contribution in [3.05, 3.63) is 36.5 Å². The molecular formula is C11H16BrNO. The zero-order valence-corrected chi connectivity index (χ0v) is 10.2. The minimum absolute atomic E-state index is 0.0250. The Balaban J connectivity index is 4.85. The molecule has 0 radical (unpaired) electrons. The van der Waals surface area contributed by atoms with Gasteiger partial charge in [-0.25, -0.2) is 0 Å². The summed E-state index contributed by atoms with van der Waals surface area (Å²) in [6, 6.07) is 0.0872. The number of ketones is 1. The summed E-state index contributed by atoms with van der Waals surface area (Å²) in [4.78, 5) is 11.5. The summed E-state index contributed by atoms with van der Waals surface area (Å²) >= 11 is 3.14. The van der Waals surface area contributed by atoms with E-state index in [-0.39, 0.29) is 11.8 Å². The number of carbonyl (C=O) groups is 1. The lowest BCUT2D eigenvalue weighted by molar-refractivity contribution is -0.112. The van der Waals surface area contributed by atoms with Gasteiger partial charge in [0.15, 0.2) is 5.78 Å². The molecule has 0 heterocycles. The average molecular weight is 258 g/mol. The third-order valence-electron chi connectivity index (χ3n) is 2.01. The van der Waals surface area contributed by atoms with Crippen LogP contribution in [0.15, 0.2) is 36.5 Å². The van der Waals surface area contributed by atoms with Crippen molar-refractivity contribution in [1.82, 2.24) is 5.32 Å². The number of halogens is 1. The third kappa shape index (κ3) is 3.60. The summed E-state index contributed by atoms with van der Waals surface area (Å²) in [5, 5.41) is 3.35. The average Bonchev–Trinajstić information content (AvgIpc) is 2.22. The van der Waals surface area contributed by atoms with Gasteiger partial charge in [0.2, 0.25) is 0 Å². The highest BCUT2D eigenvalue weighted by atomic mass is 79.9. The maximum Gasteiger partial charge on any atom is 0.173 e. The van der Waals surface area contributed by atoms with E-state index >= 15 is 0 Å². The second-order valence-electron chi connectivity index (χ2n) is 2.91. The molecular weight excluding hydrogens is 242 g/mol. The standard InChI is InChI=1S/C11H16BrNO/c1-5-6-10(11(14)7-12)8(2)9(3)13-4/h5-6,9,13H,1-2,7H2,3-4H3/b10-6+. The number of allylic oxidation sites excluding steroid dienone is 2. The molecule has 0 bridgehead atoms. The Morgan fingerprint density at radius 2 is 2.21 bits per heavy atom. The summed E-state index contributed by atoms with van der Waals surface area (Å²) < 4.78 is 0. The van der Waals surface area contributed by atoms with Gasteiger partial charge in [0, 0.05) is 11.6 Å². The molecule has 0 fully saturated rings. The van der Waals surface area contributed by atoms with Crippen LogP contribution < -0.4 is 5.32 Å². The van der Waals surface area contributed by atoms with Crippen molar-refractivity contribution in [3.8, 4) is 0 Å². The summed E-state index contributed by atoms with van der Waals surface area (Å²) in [6.45, 7) is 9.43. The van der Waals surface area contributed by atoms with Crippen LogP contribution in [0.2, 0.25) is 0 Å². The van der Waals surface area contributed by atoms with Crippen LogP contribution in [-0.4, -0.2) is 24.2 Å².